The van der Waals surface area contributed by atoms with E-state index in [9.17, 15) is 0 Å². The van der Waals surface area contributed by atoms with E-state index < -0.39 is 15.9 Å². The Bertz CT molecular complexity index is 254. The number of methoxy groups -OCH3 is 2. The molecule has 0 aromatic heterocycles. The summed E-state index contributed by atoms with van der Waals surface area (Å²) >= 11 is -0.789. The Hall–Kier alpha value is 0.592. The summed E-state index contributed by atoms with van der Waals surface area (Å²) in [5.74, 6) is 0. The molecule has 0 spiro atoms. The summed E-state index contributed by atoms with van der Waals surface area (Å²) in [5, 5.41) is 0. The Morgan fingerprint density at radius 2 is 1.32 bits per heavy atom. The van der Waals surface area contributed by atoms with E-state index in [1.807, 2.05) is 18.2 Å². The fourth-order valence-electron chi connectivity index (χ4n) is 0.996. The predicted molar refractivity (Wildman–Crippen MR) is 81.1 cm³/mol. The van der Waals surface area contributed by atoms with Gasteiger partial charge in [0.1, 0.15) is 0 Å². The summed E-state index contributed by atoms with van der Waals surface area (Å²) in [6, 6.07) is 10.3. The van der Waals surface area contributed by atoms with Crippen molar-refractivity contribution in [2.45, 2.75) is 6.92 Å². The van der Waals surface area contributed by atoms with Crippen LogP contribution in [-0.4, -0.2) is 86.1 Å². The SMILES string of the molecule is COCC[O][AlH][O]CCOC.Cc1ccccc1.[NaH]. The van der Waals surface area contributed by atoms with E-state index in [1.54, 1.807) is 14.2 Å². The standard InChI is InChI=1S/C7H8.2C3H7O2.Al.Na.2H/c1-7-5-3-2-4-6-7;2*1-5-3-2-4;;;;/h2-6H,1H3;2*2-3H2,1H3;;;;/q;2*-1;+2;;;. The van der Waals surface area contributed by atoms with E-state index >= 15 is 0 Å². The summed E-state index contributed by atoms with van der Waals surface area (Å²) in [5.41, 5.74) is 1.32. The Morgan fingerprint density at radius 3 is 1.63 bits per heavy atom. The third-order valence-electron chi connectivity index (χ3n) is 1.97. The first kappa shape index (κ1) is 21.9. The quantitative estimate of drug-likeness (QED) is 0.528. The second-order valence-electron chi connectivity index (χ2n) is 3.57. The van der Waals surface area contributed by atoms with E-state index in [-0.39, 0.29) is 29.6 Å². The van der Waals surface area contributed by atoms with Crippen molar-refractivity contribution in [3.05, 3.63) is 35.9 Å². The van der Waals surface area contributed by atoms with Crippen molar-refractivity contribution < 1.29 is 17.1 Å². The molecule has 0 bridgehead atoms. The second kappa shape index (κ2) is 18.6. The van der Waals surface area contributed by atoms with Crippen LogP contribution in [0.3, 0.4) is 0 Å². The van der Waals surface area contributed by atoms with Gasteiger partial charge in [-0.05, 0) is 6.92 Å². The number of hydrogen-bond acceptors (Lipinski definition) is 4. The third-order valence-corrected chi connectivity index (χ3v) is 2.88. The van der Waals surface area contributed by atoms with E-state index in [2.05, 4.69) is 19.1 Å². The van der Waals surface area contributed by atoms with Crippen molar-refractivity contribution in [3.63, 3.8) is 0 Å². The zero-order valence-electron chi connectivity index (χ0n) is 11.6. The summed E-state index contributed by atoms with van der Waals surface area (Å²) < 4.78 is 19.9. The van der Waals surface area contributed by atoms with Gasteiger partial charge in [-0.25, -0.2) is 0 Å². The van der Waals surface area contributed by atoms with E-state index in [0.29, 0.717) is 26.4 Å². The number of aryl methyl sites for hydroxylation is 1. The normalized spacial score (nSPS) is 9.00. The monoisotopic (exact) mass is 294 g/mol. The zero-order chi connectivity index (χ0) is 13.5. The molecule has 0 atom stereocenters. The van der Waals surface area contributed by atoms with Crippen molar-refractivity contribution in [3.8, 4) is 0 Å². The molecule has 4 nitrogen and oxygen atoms in total. The van der Waals surface area contributed by atoms with Crippen molar-refractivity contribution in [2.24, 2.45) is 0 Å². The molecule has 0 unspecified atom stereocenters. The van der Waals surface area contributed by atoms with Gasteiger partial charge in [0.25, 0.3) is 0 Å². The van der Waals surface area contributed by atoms with E-state index in [1.165, 1.54) is 5.56 Å². The minimum absolute atomic E-state index is 0. The third kappa shape index (κ3) is 18.6. The molecule has 19 heavy (non-hydrogen) atoms. The first-order chi connectivity index (χ1) is 8.81. The first-order valence-electron chi connectivity index (χ1n) is 5.96. The van der Waals surface area contributed by atoms with Crippen molar-refractivity contribution in [1.29, 1.82) is 0 Å². The topological polar surface area (TPSA) is 36.9 Å². The van der Waals surface area contributed by atoms with Gasteiger partial charge in [-0.15, -0.1) is 0 Å². The minimum atomic E-state index is -0.789. The molecule has 0 radical (unpaired) electrons. The summed E-state index contributed by atoms with van der Waals surface area (Å²) in [7, 11) is 3.30. The predicted octanol–water partition coefficient (Wildman–Crippen LogP) is 0.925. The first-order valence-corrected chi connectivity index (χ1v) is 7.11. The fourth-order valence-corrected chi connectivity index (χ4v) is 1.58. The molecule has 1 rings (SSSR count). The molecule has 0 aliphatic heterocycles. The van der Waals surface area contributed by atoms with Crippen LogP contribution >= 0.6 is 0 Å². The maximum absolute atomic E-state index is 5.16. The van der Waals surface area contributed by atoms with Gasteiger partial charge in [0.2, 0.25) is 0 Å². The van der Waals surface area contributed by atoms with Gasteiger partial charge in [-0.3, -0.25) is 0 Å². The Kier molecular flexibility index (Phi) is 21.4. The van der Waals surface area contributed by atoms with Crippen LogP contribution in [-0.2, 0) is 17.1 Å². The van der Waals surface area contributed by atoms with Gasteiger partial charge >= 0.3 is 45.4 Å². The van der Waals surface area contributed by atoms with Gasteiger partial charge in [-0.1, -0.05) is 35.9 Å². The van der Waals surface area contributed by atoms with Crippen LogP contribution in [0, 0.1) is 6.92 Å². The Balaban J connectivity index is 0. The van der Waals surface area contributed by atoms with Crippen LogP contribution in [0.5, 0.6) is 0 Å². The van der Waals surface area contributed by atoms with Gasteiger partial charge < -0.3 is 17.1 Å². The van der Waals surface area contributed by atoms with Crippen molar-refractivity contribution in [1.82, 2.24) is 0 Å². The van der Waals surface area contributed by atoms with Gasteiger partial charge in [0.15, 0.2) is 0 Å². The van der Waals surface area contributed by atoms with Crippen molar-refractivity contribution in [2.75, 3.05) is 40.6 Å². The van der Waals surface area contributed by atoms with Gasteiger partial charge in [0, 0.05) is 27.4 Å². The molecular formula is C13H24AlNaO4. The van der Waals surface area contributed by atoms with Crippen LogP contribution in [0.25, 0.3) is 0 Å². The molecule has 0 aliphatic rings. The molecule has 0 saturated carbocycles. The van der Waals surface area contributed by atoms with E-state index in [0.717, 1.165) is 0 Å². The summed E-state index contributed by atoms with van der Waals surface area (Å²) in [6.07, 6.45) is 0. The average molecular weight is 294 g/mol. The summed E-state index contributed by atoms with van der Waals surface area (Å²) in [4.78, 5) is 0. The average Bonchev–Trinajstić information content (AvgIpc) is 2.39. The Labute approximate surface area is 145 Å². The fraction of sp³-hybridized carbons (Fsp3) is 0.538. The molecule has 1 aromatic carbocycles. The molecule has 0 fully saturated rings. The maximum atomic E-state index is 5.16. The van der Waals surface area contributed by atoms with Crippen LogP contribution in [0.2, 0.25) is 0 Å². The number of hydrogen-bond donors (Lipinski definition) is 0. The second-order valence-corrected chi connectivity index (χ2v) is 4.63. The molecule has 6 heteroatoms. The van der Waals surface area contributed by atoms with Crippen LogP contribution < -0.4 is 0 Å². The molecule has 0 amide bonds. The Morgan fingerprint density at radius 1 is 0.842 bits per heavy atom. The number of rotatable bonds is 8. The number of benzene rings is 1. The van der Waals surface area contributed by atoms with E-state index in [4.69, 9.17) is 17.1 Å². The molecule has 0 aliphatic carbocycles. The summed E-state index contributed by atoms with van der Waals surface area (Å²) in [6.45, 7) is 4.63. The zero-order valence-corrected chi connectivity index (χ0v) is 13.0. The number of ether oxygens (including phenoxy) is 2. The van der Waals surface area contributed by atoms with Gasteiger partial charge in [0.05, 0.1) is 13.2 Å². The molecule has 1 aromatic rings. The molecule has 0 N–H and O–H groups in total. The van der Waals surface area contributed by atoms with Crippen LogP contribution in [0.15, 0.2) is 30.3 Å². The molecule has 0 heterocycles. The molecule has 0 saturated heterocycles. The molecular weight excluding hydrogens is 270 g/mol. The van der Waals surface area contributed by atoms with Gasteiger partial charge in [-0.2, -0.15) is 0 Å². The van der Waals surface area contributed by atoms with Crippen molar-refractivity contribution >= 4 is 45.4 Å². The van der Waals surface area contributed by atoms with Crippen LogP contribution in [0.4, 0.5) is 0 Å². The molecule has 104 valence electrons. The van der Waals surface area contributed by atoms with Crippen LogP contribution in [0.1, 0.15) is 5.56 Å².